The average molecular weight is 794 g/mol. The van der Waals surface area contributed by atoms with E-state index in [1.54, 1.807) is 7.05 Å². The zero-order valence-electron chi connectivity index (χ0n) is 33.5. The van der Waals surface area contributed by atoms with Crippen LogP contribution in [0.25, 0.3) is 0 Å². The Morgan fingerprint density at radius 1 is 0.982 bits per heavy atom. The molecule has 0 saturated carbocycles. The van der Waals surface area contributed by atoms with Crippen molar-refractivity contribution in [2.75, 3.05) is 91.8 Å². The Bertz CT molecular complexity index is 1310. The third-order valence-corrected chi connectivity index (χ3v) is 11.3. The molecule has 312 valence electrons. The zero-order valence-corrected chi connectivity index (χ0v) is 34.3. The van der Waals surface area contributed by atoms with Crippen LogP contribution in [0.5, 0.6) is 0 Å². The number of nitrogens with one attached hydrogen (secondary N) is 7. The molecule has 3 amide bonds. The van der Waals surface area contributed by atoms with Gasteiger partial charge in [0, 0.05) is 68.9 Å². The van der Waals surface area contributed by atoms with Gasteiger partial charge in [-0.05, 0) is 43.4 Å². The van der Waals surface area contributed by atoms with Crippen LogP contribution in [0.1, 0.15) is 63.3 Å². The number of ether oxygens (including phenoxy) is 3. The first-order valence-corrected chi connectivity index (χ1v) is 20.8. The van der Waals surface area contributed by atoms with E-state index in [4.69, 9.17) is 14.2 Å². The van der Waals surface area contributed by atoms with Crippen LogP contribution in [-0.4, -0.2) is 155 Å². The Morgan fingerprint density at radius 2 is 1.69 bits per heavy atom. The molecule has 6 atom stereocenters. The molecule has 16 nitrogen and oxygen atoms in total. The minimum atomic E-state index is -0.758. The maximum absolute atomic E-state index is 13.9. The highest BCUT2D eigenvalue weighted by Gasteiger charge is 2.43. The Morgan fingerprint density at radius 3 is 2.36 bits per heavy atom. The Balaban J connectivity index is 1.05. The van der Waals surface area contributed by atoms with Crippen molar-refractivity contribution in [3.63, 3.8) is 0 Å². The maximum Gasteiger partial charge on any atom is 0.243 e. The highest BCUT2D eigenvalue weighted by molar-refractivity contribution is 7.99. The van der Waals surface area contributed by atoms with Gasteiger partial charge in [0.1, 0.15) is 6.04 Å². The molecule has 17 heteroatoms. The van der Waals surface area contributed by atoms with Gasteiger partial charge in [0.25, 0.3) is 0 Å². The van der Waals surface area contributed by atoms with E-state index in [1.165, 1.54) is 10.5 Å². The molecule has 0 aliphatic carbocycles. The van der Waals surface area contributed by atoms with Crippen LogP contribution >= 0.6 is 11.8 Å². The van der Waals surface area contributed by atoms with Crippen LogP contribution in [0.2, 0.25) is 0 Å². The predicted octanol–water partition coefficient (Wildman–Crippen LogP) is -0.149. The van der Waals surface area contributed by atoms with Crippen LogP contribution < -0.4 is 37.5 Å². The molecule has 3 fully saturated rings. The zero-order chi connectivity index (χ0) is 39.6. The van der Waals surface area contributed by atoms with Gasteiger partial charge >= 0.3 is 0 Å². The first kappa shape index (κ1) is 45.3. The second kappa shape index (κ2) is 23.7. The van der Waals surface area contributed by atoms with E-state index in [1.807, 2.05) is 44.7 Å². The summed E-state index contributed by atoms with van der Waals surface area (Å²) in [5.74, 6) is 0.501. The number of β-amino-alcohol motifs (C(OH)–C–C–N with tert-alkyl or cyclic N) is 1. The fourth-order valence-corrected chi connectivity index (χ4v) is 8.19. The van der Waals surface area contributed by atoms with Crippen LogP contribution in [-0.2, 0) is 35.1 Å². The highest BCUT2D eigenvalue weighted by atomic mass is 32.2. The van der Waals surface area contributed by atoms with Crippen molar-refractivity contribution in [1.82, 2.24) is 47.5 Å². The van der Waals surface area contributed by atoms with Gasteiger partial charge in [-0.3, -0.25) is 14.4 Å². The summed E-state index contributed by atoms with van der Waals surface area (Å²) in [5.41, 5.74) is 8.27. The number of benzene rings is 1. The number of likely N-dealkylation sites (N-methyl/N-ethyl adjacent to an activating group) is 1. The summed E-state index contributed by atoms with van der Waals surface area (Å²) in [4.78, 5) is 40.3. The van der Waals surface area contributed by atoms with Crippen LogP contribution in [0.3, 0.4) is 0 Å². The molecule has 0 radical (unpaired) electrons. The molecule has 1 aromatic carbocycles. The molecule has 0 aromatic heterocycles. The standard InChI is InChI=1S/C38H67N9O7S/c1-27-34(55-26-43-27)29-10-8-28(9-11-29)22-42-36(50)32-21-31(48)25-47(32)37(51)35(38(2,3)4)41-13-15-52-17-19-54-20-18-53-16-14-46-24-30(44-45-46)7-6-12-40-33(49)23-39-5/h8-11,27,30-32,34-35,39,41,43-45,48H,6-7,12-26H2,1-5H3,(H,40,49)(H,42,50)/t27?,30?,31-,32+,34?,35-/m1/s1. The first-order chi connectivity index (χ1) is 26.5. The number of hydrogen-bond donors (Lipinski definition) is 8. The largest absolute Gasteiger partial charge is 0.391 e. The Hall–Kier alpha value is -2.42. The van der Waals surface area contributed by atoms with Gasteiger partial charge in [-0.25, -0.2) is 10.4 Å². The molecule has 55 heavy (non-hydrogen) atoms. The number of amides is 3. The lowest BCUT2D eigenvalue weighted by molar-refractivity contribution is -0.142. The van der Waals surface area contributed by atoms with Gasteiger partial charge < -0.3 is 50.8 Å². The number of nitrogens with zero attached hydrogens (tertiary/aromatic N) is 2. The van der Waals surface area contributed by atoms with Gasteiger partial charge in [-0.2, -0.15) is 5.53 Å². The lowest BCUT2D eigenvalue weighted by Crippen LogP contribution is -2.57. The number of hydrogen-bond acceptors (Lipinski definition) is 14. The third-order valence-electron chi connectivity index (χ3n) is 9.98. The highest BCUT2D eigenvalue weighted by Crippen LogP contribution is 2.36. The Kier molecular flexibility index (Phi) is 19.5. The van der Waals surface area contributed by atoms with Crippen molar-refractivity contribution in [2.45, 2.75) is 89.0 Å². The fourth-order valence-electron chi connectivity index (χ4n) is 6.92. The van der Waals surface area contributed by atoms with Crippen LogP contribution in [0, 0.1) is 5.41 Å². The quantitative estimate of drug-likeness (QED) is 0.0646. The van der Waals surface area contributed by atoms with Gasteiger partial charge in [0.2, 0.25) is 17.7 Å². The van der Waals surface area contributed by atoms with Gasteiger partial charge in [-0.1, -0.05) is 45.0 Å². The lowest BCUT2D eigenvalue weighted by atomic mass is 9.85. The van der Waals surface area contributed by atoms with Gasteiger partial charge in [0.05, 0.1) is 58.3 Å². The van der Waals surface area contributed by atoms with Gasteiger partial charge in [-0.15, -0.1) is 11.8 Å². The molecule has 0 bridgehead atoms. The summed E-state index contributed by atoms with van der Waals surface area (Å²) < 4.78 is 17.1. The molecule has 3 unspecified atom stereocenters. The van der Waals surface area contributed by atoms with Crippen molar-refractivity contribution < 1.29 is 33.7 Å². The summed E-state index contributed by atoms with van der Waals surface area (Å²) in [6.07, 6.45) is 1.33. The van der Waals surface area contributed by atoms with Crippen molar-refractivity contribution in [2.24, 2.45) is 5.41 Å². The predicted molar refractivity (Wildman–Crippen MR) is 214 cm³/mol. The summed E-state index contributed by atoms with van der Waals surface area (Å²) in [7, 11) is 1.76. The van der Waals surface area contributed by atoms with E-state index in [-0.39, 0.29) is 30.7 Å². The molecular weight excluding hydrogens is 727 g/mol. The second-order valence-corrected chi connectivity index (χ2v) is 16.7. The summed E-state index contributed by atoms with van der Waals surface area (Å²) in [6, 6.07) is 7.76. The normalized spacial score (nSPS) is 23.7. The minimum absolute atomic E-state index is 0.0150. The maximum atomic E-state index is 13.9. The average Bonchev–Trinajstić information content (AvgIpc) is 3.90. The summed E-state index contributed by atoms with van der Waals surface area (Å²) in [5, 5.41) is 28.6. The molecule has 3 saturated heterocycles. The molecule has 3 aliphatic rings. The number of rotatable bonds is 24. The van der Waals surface area contributed by atoms with Crippen LogP contribution in [0.4, 0.5) is 0 Å². The lowest BCUT2D eigenvalue weighted by Gasteiger charge is -2.35. The number of likely N-dealkylation sites (tertiary alicyclic amines) is 1. The summed E-state index contributed by atoms with van der Waals surface area (Å²) in [6.45, 7) is 14.5. The Labute approximate surface area is 331 Å². The van der Waals surface area contributed by atoms with Crippen molar-refractivity contribution in [1.29, 1.82) is 0 Å². The molecule has 1 aromatic rings. The molecule has 4 rings (SSSR count). The number of hydrazine groups is 2. The number of carbonyl (C=O) groups is 3. The molecule has 3 heterocycles. The third kappa shape index (κ3) is 15.5. The first-order valence-electron chi connectivity index (χ1n) is 19.8. The van der Waals surface area contributed by atoms with Crippen LogP contribution in [0.15, 0.2) is 24.3 Å². The molecular formula is C38H67N9O7S. The second-order valence-electron chi connectivity index (χ2n) is 15.6. The smallest absolute Gasteiger partial charge is 0.243 e. The van der Waals surface area contributed by atoms with Gasteiger partial charge in [0.15, 0.2) is 0 Å². The minimum Gasteiger partial charge on any atom is -0.391 e. The monoisotopic (exact) mass is 793 g/mol. The van der Waals surface area contributed by atoms with Crippen molar-refractivity contribution in [3.05, 3.63) is 35.4 Å². The number of carbonyl (C=O) groups excluding carboxylic acids is 3. The van der Waals surface area contributed by atoms with E-state index in [0.717, 1.165) is 37.4 Å². The fraction of sp³-hybridized carbons (Fsp3) is 0.763. The van der Waals surface area contributed by atoms with Crippen molar-refractivity contribution >= 4 is 29.5 Å². The molecule has 0 spiro atoms. The molecule has 3 aliphatic heterocycles. The van der Waals surface area contributed by atoms with E-state index < -0.39 is 23.6 Å². The van der Waals surface area contributed by atoms with E-state index >= 15 is 0 Å². The number of aliphatic hydroxyl groups excluding tert-OH is 1. The van der Waals surface area contributed by atoms with E-state index in [9.17, 15) is 19.5 Å². The molecule has 8 N–H and O–H groups in total. The number of thioether (sulfide) groups is 1. The van der Waals surface area contributed by atoms with E-state index in [2.05, 4.69) is 61.6 Å². The van der Waals surface area contributed by atoms with Crippen molar-refractivity contribution in [3.8, 4) is 0 Å². The number of aliphatic hydroxyl groups is 1. The van der Waals surface area contributed by atoms with E-state index in [0.29, 0.717) is 83.2 Å². The summed E-state index contributed by atoms with van der Waals surface area (Å²) >= 11 is 1.90. The SMILES string of the molecule is CNCC(=O)NCCCC1CN(CCOCCOCCOCCN[C@H](C(=O)N2C[C@H](O)C[C@H]2C(=O)NCc2ccc(C3SCNC3C)cc2)C(C)(C)C)NN1. The topological polar surface area (TPSA) is 190 Å².